The van der Waals surface area contributed by atoms with Gasteiger partial charge in [-0.2, -0.15) is 0 Å². The lowest BCUT2D eigenvalue weighted by atomic mass is 9.96. The number of phenols is 1. The summed E-state index contributed by atoms with van der Waals surface area (Å²) in [7, 11) is 0. The van der Waals surface area contributed by atoms with Crippen LogP contribution in [0, 0.1) is 11.8 Å². The van der Waals surface area contributed by atoms with E-state index in [0.717, 1.165) is 0 Å². The molecule has 0 aliphatic carbocycles. The number of carboxylic acids is 1. The number of nitrogens with zero attached hydrogens (tertiary/aromatic N) is 2. The quantitative estimate of drug-likeness (QED) is 0.156. The molecule has 0 spiro atoms. The molecule has 48 heavy (non-hydrogen) atoms. The van der Waals surface area contributed by atoms with Gasteiger partial charge in [0.2, 0.25) is 29.5 Å². The lowest BCUT2D eigenvalue weighted by molar-refractivity contribution is -0.150. The molecule has 7 atom stereocenters. The van der Waals surface area contributed by atoms with Gasteiger partial charge in [0.1, 0.15) is 36.0 Å². The third-order valence-corrected chi connectivity index (χ3v) is 9.24. The minimum Gasteiger partial charge on any atom is -0.508 e. The van der Waals surface area contributed by atoms with Gasteiger partial charge in [-0.1, -0.05) is 46.2 Å². The maximum Gasteiger partial charge on any atom is 0.326 e. The second kappa shape index (κ2) is 17.3. The Morgan fingerprint density at radius 2 is 1.44 bits per heavy atom. The van der Waals surface area contributed by atoms with Crippen molar-refractivity contribution in [1.82, 2.24) is 25.8 Å². The Balaban J connectivity index is 1.80. The molecule has 266 valence electrons. The van der Waals surface area contributed by atoms with Crippen LogP contribution in [0.5, 0.6) is 5.75 Å². The summed E-state index contributed by atoms with van der Waals surface area (Å²) in [5, 5.41) is 27.7. The molecule has 0 unspecified atom stereocenters. The first-order chi connectivity index (χ1) is 22.6. The summed E-state index contributed by atoms with van der Waals surface area (Å²) in [5.41, 5.74) is 6.61. The topological polar surface area (TPSA) is 211 Å². The summed E-state index contributed by atoms with van der Waals surface area (Å²) in [5.74, 6) is -3.82. The van der Waals surface area contributed by atoms with Crippen LogP contribution in [0.15, 0.2) is 24.3 Å². The van der Waals surface area contributed by atoms with E-state index >= 15 is 0 Å². The summed E-state index contributed by atoms with van der Waals surface area (Å²) in [6, 6.07) is 0.361. The third-order valence-electron chi connectivity index (χ3n) is 9.24. The number of likely N-dealkylation sites (tertiary alicyclic amines) is 2. The van der Waals surface area contributed by atoms with E-state index in [2.05, 4.69) is 16.0 Å². The van der Waals surface area contributed by atoms with Crippen molar-refractivity contribution in [2.45, 2.75) is 116 Å². The van der Waals surface area contributed by atoms with Crippen LogP contribution in [-0.2, 0) is 35.2 Å². The number of aliphatic carboxylic acids is 1. The summed E-state index contributed by atoms with van der Waals surface area (Å²) in [6.45, 7) is 9.62. The zero-order valence-electron chi connectivity index (χ0n) is 28.6. The second-order valence-corrected chi connectivity index (χ2v) is 13.5. The van der Waals surface area contributed by atoms with Crippen molar-refractivity contribution in [3.05, 3.63) is 29.8 Å². The Morgan fingerprint density at radius 1 is 0.854 bits per heavy atom. The van der Waals surface area contributed by atoms with Gasteiger partial charge >= 0.3 is 5.97 Å². The number of carbonyl (C=O) groups excluding carboxylic acids is 5. The van der Waals surface area contributed by atoms with Gasteiger partial charge in [-0.15, -0.1) is 0 Å². The first kappa shape index (κ1) is 38.2. The molecule has 14 heteroatoms. The van der Waals surface area contributed by atoms with Crippen LogP contribution < -0.4 is 21.7 Å². The molecular weight excluding hydrogens is 620 g/mol. The van der Waals surface area contributed by atoms with Gasteiger partial charge in [-0.25, -0.2) is 4.79 Å². The van der Waals surface area contributed by atoms with E-state index in [1.807, 2.05) is 20.8 Å². The predicted molar refractivity (Wildman–Crippen MR) is 177 cm³/mol. The Hall–Kier alpha value is -4.20. The molecule has 2 aliphatic heterocycles. The van der Waals surface area contributed by atoms with Crippen molar-refractivity contribution in [3.8, 4) is 5.75 Å². The van der Waals surface area contributed by atoms with Gasteiger partial charge in [0.05, 0.1) is 6.04 Å². The van der Waals surface area contributed by atoms with E-state index < -0.39 is 71.8 Å². The van der Waals surface area contributed by atoms with E-state index in [1.54, 1.807) is 19.1 Å². The van der Waals surface area contributed by atoms with E-state index in [-0.39, 0.29) is 37.1 Å². The molecule has 7 N–H and O–H groups in total. The number of nitrogens with two attached hydrogens (primary N) is 1. The number of aromatic hydroxyl groups is 1. The molecule has 2 heterocycles. The number of hydrogen-bond donors (Lipinski definition) is 6. The van der Waals surface area contributed by atoms with E-state index in [9.17, 15) is 39.0 Å². The van der Waals surface area contributed by atoms with Crippen LogP contribution in [0.2, 0.25) is 0 Å². The number of amides is 5. The number of carboxylic acid groups (broad SMARTS) is 1. The van der Waals surface area contributed by atoms with E-state index in [4.69, 9.17) is 5.73 Å². The summed E-state index contributed by atoms with van der Waals surface area (Å²) < 4.78 is 0. The molecule has 14 nitrogen and oxygen atoms in total. The Bertz CT molecular complexity index is 1320. The molecule has 5 amide bonds. The number of carbonyl (C=O) groups is 6. The SMILES string of the molecule is CC[C@H](C)[C@H](NC(=O)[C@H](Cc1ccc(O)cc1)NC(=O)[C@@H]1CCCN1C(=O)[C@H](C)NC(=O)[C@@H](N)CC(C)C)C(=O)N1CCC[C@H]1C(=O)O. The highest BCUT2D eigenvalue weighted by Crippen LogP contribution is 2.23. The van der Waals surface area contributed by atoms with Crippen LogP contribution >= 0.6 is 0 Å². The molecule has 2 aliphatic rings. The molecule has 1 aromatic rings. The number of hydrogen-bond acceptors (Lipinski definition) is 8. The zero-order chi connectivity index (χ0) is 35.7. The fourth-order valence-electron chi connectivity index (χ4n) is 6.30. The lowest BCUT2D eigenvalue weighted by Crippen LogP contribution is -2.60. The zero-order valence-corrected chi connectivity index (χ0v) is 28.6. The van der Waals surface area contributed by atoms with Crippen molar-refractivity contribution in [3.63, 3.8) is 0 Å². The van der Waals surface area contributed by atoms with E-state index in [0.29, 0.717) is 44.1 Å². The minimum absolute atomic E-state index is 0.0155. The average Bonchev–Trinajstić information content (AvgIpc) is 3.73. The summed E-state index contributed by atoms with van der Waals surface area (Å²) >= 11 is 0. The molecule has 0 saturated carbocycles. The molecule has 2 saturated heterocycles. The van der Waals surface area contributed by atoms with E-state index in [1.165, 1.54) is 28.9 Å². The predicted octanol–water partition coefficient (Wildman–Crippen LogP) is 0.895. The molecule has 0 radical (unpaired) electrons. The van der Waals surface area contributed by atoms with Crippen molar-refractivity contribution in [2.75, 3.05) is 13.1 Å². The van der Waals surface area contributed by atoms with Crippen LogP contribution in [0.1, 0.15) is 78.7 Å². The fourth-order valence-corrected chi connectivity index (χ4v) is 6.30. The average molecular weight is 673 g/mol. The monoisotopic (exact) mass is 672 g/mol. The smallest absolute Gasteiger partial charge is 0.326 e. The number of nitrogens with one attached hydrogen (secondary N) is 3. The standard InChI is InChI=1S/C34H52N6O8/c1-6-20(4)28(33(46)40-16-8-10-27(40)34(47)48)38-30(43)25(18-22-11-13-23(41)14-12-22)37-31(44)26-9-7-15-39(26)32(45)21(5)36-29(42)24(35)17-19(2)3/h11-14,19-21,24-28,41H,6-10,15-18,35H2,1-5H3,(H,36,42)(H,37,44)(H,38,43)(H,47,48)/t20-,21-,24-,25-,26-,27-,28-/m0/s1. The summed E-state index contributed by atoms with van der Waals surface area (Å²) in [4.78, 5) is 81.8. The van der Waals surface area contributed by atoms with Gasteiger partial charge < -0.3 is 41.7 Å². The molecule has 2 fully saturated rings. The van der Waals surface area contributed by atoms with Crippen LogP contribution in [0.25, 0.3) is 0 Å². The normalized spacial score (nSPS) is 20.8. The molecule has 0 bridgehead atoms. The number of benzene rings is 1. The van der Waals surface area contributed by atoms with Crippen LogP contribution in [-0.4, -0.2) is 105 Å². The highest BCUT2D eigenvalue weighted by molar-refractivity contribution is 5.96. The molecule has 0 aromatic heterocycles. The Kier molecular flexibility index (Phi) is 13.8. The first-order valence-electron chi connectivity index (χ1n) is 16.9. The van der Waals surface area contributed by atoms with Gasteiger partial charge in [-0.05, 0) is 68.6 Å². The van der Waals surface area contributed by atoms with Gasteiger partial charge in [0.15, 0.2) is 0 Å². The highest BCUT2D eigenvalue weighted by atomic mass is 16.4. The summed E-state index contributed by atoms with van der Waals surface area (Å²) in [6.07, 6.45) is 2.73. The number of rotatable bonds is 15. The fraction of sp³-hybridized carbons (Fsp3) is 0.647. The van der Waals surface area contributed by atoms with Crippen molar-refractivity contribution < 1.29 is 39.0 Å². The van der Waals surface area contributed by atoms with Crippen molar-refractivity contribution >= 4 is 35.5 Å². The van der Waals surface area contributed by atoms with Gasteiger partial charge in [0.25, 0.3) is 0 Å². The molecule has 3 rings (SSSR count). The Morgan fingerprint density at radius 3 is 2.00 bits per heavy atom. The Labute approximate surface area is 282 Å². The molecular formula is C34H52N6O8. The maximum absolute atomic E-state index is 13.9. The van der Waals surface area contributed by atoms with Gasteiger partial charge in [-0.3, -0.25) is 24.0 Å². The lowest BCUT2D eigenvalue weighted by Gasteiger charge is -2.32. The third kappa shape index (κ3) is 9.91. The van der Waals surface area contributed by atoms with Crippen molar-refractivity contribution in [1.29, 1.82) is 0 Å². The van der Waals surface area contributed by atoms with Crippen LogP contribution in [0.4, 0.5) is 0 Å². The second-order valence-electron chi connectivity index (χ2n) is 13.5. The van der Waals surface area contributed by atoms with Crippen LogP contribution in [0.3, 0.4) is 0 Å². The maximum atomic E-state index is 13.9. The van der Waals surface area contributed by atoms with Crippen molar-refractivity contribution in [2.24, 2.45) is 17.6 Å². The first-order valence-corrected chi connectivity index (χ1v) is 16.9. The number of phenolic OH excluding ortho intramolecular Hbond substituents is 1. The largest absolute Gasteiger partial charge is 0.508 e. The minimum atomic E-state index is -1.17. The molecule has 1 aromatic carbocycles. The highest BCUT2D eigenvalue weighted by Gasteiger charge is 2.41. The van der Waals surface area contributed by atoms with Gasteiger partial charge in [0, 0.05) is 19.5 Å².